The summed E-state index contributed by atoms with van der Waals surface area (Å²) in [6.45, 7) is 0.710. The monoisotopic (exact) mass is 298 g/mol. The highest BCUT2D eigenvalue weighted by molar-refractivity contribution is 9.10. The van der Waals surface area contributed by atoms with E-state index in [2.05, 4.69) is 15.9 Å². The Morgan fingerprint density at radius 1 is 1.59 bits per heavy atom. The van der Waals surface area contributed by atoms with Crippen molar-refractivity contribution in [2.45, 2.75) is 18.9 Å². The van der Waals surface area contributed by atoms with Crippen LogP contribution in [0.1, 0.15) is 23.2 Å². The van der Waals surface area contributed by atoms with Crippen LogP contribution in [0.15, 0.2) is 22.7 Å². The number of hydrogen-bond donors (Lipinski definition) is 2. The van der Waals surface area contributed by atoms with E-state index in [1.807, 2.05) is 0 Å². The molecule has 1 aromatic carbocycles. The number of carbonyl (C=O) groups excluding carboxylic acids is 1. The second kappa shape index (κ2) is 5.06. The van der Waals surface area contributed by atoms with Crippen LogP contribution in [-0.2, 0) is 0 Å². The fraction of sp³-hybridized carbons (Fsp3) is 0.417. The smallest absolute Gasteiger partial charge is 0.256 e. The zero-order valence-electron chi connectivity index (χ0n) is 9.40. The number of nitrogens with two attached hydrogens (primary N) is 1. The fourth-order valence-electron chi connectivity index (χ4n) is 2.18. The van der Waals surface area contributed by atoms with E-state index in [9.17, 15) is 9.90 Å². The number of rotatable bonds is 2. The lowest BCUT2D eigenvalue weighted by Crippen LogP contribution is -2.37. The highest BCUT2D eigenvalue weighted by atomic mass is 79.9. The summed E-state index contributed by atoms with van der Waals surface area (Å²) in [5, 5.41) is 9.21. The second-order valence-electron chi connectivity index (χ2n) is 4.21. The first-order valence-corrected chi connectivity index (χ1v) is 6.39. The summed E-state index contributed by atoms with van der Waals surface area (Å²) < 4.78 is 0.853. The van der Waals surface area contributed by atoms with Crippen molar-refractivity contribution in [2.75, 3.05) is 18.9 Å². The van der Waals surface area contributed by atoms with E-state index < -0.39 is 0 Å². The van der Waals surface area contributed by atoms with Gasteiger partial charge in [-0.1, -0.05) is 15.9 Å². The minimum absolute atomic E-state index is 0.0160. The second-order valence-corrected chi connectivity index (χ2v) is 5.12. The third kappa shape index (κ3) is 2.45. The molecule has 2 rings (SSSR count). The van der Waals surface area contributed by atoms with Crippen LogP contribution in [0, 0.1) is 0 Å². The Morgan fingerprint density at radius 2 is 2.35 bits per heavy atom. The zero-order chi connectivity index (χ0) is 12.4. The van der Waals surface area contributed by atoms with Crippen molar-refractivity contribution < 1.29 is 9.90 Å². The van der Waals surface area contributed by atoms with Gasteiger partial charge in [-0.25, -0.2) is 0 Å². The van der Waals surface area contributed by atoms with E-state index in [1.54, 1.807) is 23.1 Å². The lowest BCUT2D eigenvalue weighted by molar-refractivity contribution is 0.0678. The van der Waals surface area contributed by atoms with Crippen LogP contribution in [0.25, 0.3) is 0 Å². The quantitative estimate of drug-likeness (QED) is 0.816. The van der Waals surface area contributed by atoms with E-state index in [0.717, 1.165) is 17.3 Å². The van der Waals surface area contributed by atoms with Crippen molar-refractivity contribution in [3.05, 3.63) is 28.2 Å². The molecule has 5 heteroatoms. The van der Waals surface area contributed by atoms with E-state index in [4.69, 9.17) is 5.73 Å². The molecule has 1 amide bonds. The molecule has 1 heterocycles. The zero-order valence-corrected chi connectivity index (χ0v) is 11.0. The lowest BCUT2D eigenvalue weighted by Gasteiger charge is -2.23. The molecule has 0 aromatic heterocycles. The summed E-state index contributed by atoms with van der Waals surface area (Å²) in [5.74, 6) is -0.0912. The predicted molar refractivity (Wildman–Crippen MR) is 69.7 cm³/mol. The third-order valence-electron chi connectivity index (χ3n) is 3.09. The number of hydrogen-bond acceptors (Lipinski definition) is 3. The summed E-state index contributed by atoms with van der Waals surface area (Å²) in [6, 6.07) is 5.17. The maximum Gasteiger partial charge on any atom is 0.256 e. The molecular formula is C12H15BrN2O2. The first-order chi connectivity index (χ1) is 8.13. The first-order valence-electron chi connectivity index (χ1n) is 5.60. The van der Waals surface area contributed by atoms with Gasteiger partial charge in [0.1, 0.15) is 0 Å². The van der Waals surface area contributed by atoms with Gasteiger partial charge in [0.25, 0.3) is 5.91 Å². The van der Waals surface area contributed by atoms with Gasteiger partial charge in [-0.15, -0.1) is 0 Å². The molecule has 1 fully saturated rings. The number of halogens is 1. The Hall–Kier alpha value is -1.07. The highest BCUT2D eigenvalue weighted by Gasteiger charge is 2.29. The van der Waals surface area contributed by atoms with Crippen LogP contribution in [0.3, 0.4) is 0 Å². The normalized spacial score (nSPS) is 19.6. The summed E-state index contributed by atoms with van der Waals surface area (Å²) in [7, 11) is 0. The van der Waals surface area contributed by atoms with Gasteiger partial charge in [-0.2, -0.15) is 0 Å². The average molecular weight is 299 g/mol. The lowest BCUT2D eigenvalue weighted by atomic mass is 10.1. The summed E-state index contributed by atoms with van der Waals surface area (Å²) in [4.78, 5) is 14.0. The van der Waals surface area contributed by atoms with Crippen molar-refractivity contribution in [1.82, 2.24) is 4.90 Å². The van der Waals surface area contributed by atoms with Crippen LogP contribution in [0.5, 0.6) is 0 Å². The number of benzene rings is 1. The van der Waals surface area contributed by atoms with Crippen LogP contribution in [0.2, 0.25) is 0 Å². The average Bonchev–Trinajstić information content (AvgIpc) is 2.76. The molecule has 1 aliphatic heterocycles. The molecule has 0 saturated carbocycles. The number of carbonyl (C=O) groups is 1. The van der Waals surface area contributed by atoms with Gasteiger partial charge in [-0.05, 0) is 31.0 Å². The number of aliphatic hydroxyl groups is 1. The van der Waals surface area contributed by atoms with Gasteiger partial charge in [0.2, 0.25) is 0 Å². The highest BCUT2D eigenvalue weighted by Crippen LogP contribution is 2.24. The van der Waals surface area contributed by atoms with Gasteiger partial charge in [-0.3, -0.25) is 4.79 Å². The van der Waals surface area contributed by atoms with E-state index >= 15 is 0 Å². The van der Waals surface area contributed by atoms with E-state index in [-0.39, 0.29) is 18.6 Å². The molecule has 4 nitrogen and oxygen atoms in total. The van der Waals surface area contributed by atoms with Gasteiger partial charge in [0, 0.05) is 16.7 Å². The molecule has 0 radical (unpaired) electrons. The predicted octanol–water partition coefficient (Wildman–Crippen LogP) is 1.63. The fourth-order valence-corrected chi connectivity index (χ4v) is 2.55. The molecule has 3 N–H and O–H groups in total. The summed E-state index contributed by atoms with van der Waals surface area (Å²) >= 11 is 3.31. The minimum Gasteiger partial charge on any atom is -0.398 e. The molecule has 0 spiro atoms. The molecule has 1 unspecified atom stereocenters. The molecule has 1 saturated heterocycles. The van der Waals surface area contributed by atoms with Gasteiger partial charge < -0.3 is 15.7 Å². The van der Waals surface area contributed by atoms with Gasteiger partial charge in [0.05, 0.1) is 18.2 Å². The molecule has 17 heavy (non-hydrogen) atoms. The standard InChI is InChI=1S/C12H15BrN2O2/c13-8-3-4-10(11(14)6-8)12(17)15-5-1-2-9(15)7-16/h3-4,6,9,16H,1-2,5,7,14H2. The molecule has 1 aromatic rings. The maximum absolute atomic E-state index is 12.3. The Labute approximate surface area is 109 Å². The summed E-state index contributed by atoms with van der Waals surface area (Å²) in [5.41, 5.74) is 6.81. The maximum atomic E-state index is 12.3. The molecule has 92 valence electrons. The number of nitrogen functional groups attached to an aromatic ring is 1. The largest absolute Gasteiger partial charge is 0.398 e. The Bertz CT molecular complexity index is 437. The Morgan fingerprint density at radius 3 is 3.00 bits per heavy atom. The number of nitrogens with zero attached hydrogens (tertiary/aromatic N) is 1. The molecule has 1 atom stereocenters. The molecular weight excluding hydrogens is 284 g/mol. The van der Waals surface area contributed by atoms with Crippen molar-refractivity contribution in [2.24, 2.45) is 0 Å². The number of likely N-dealkylation sites (tertiary alicyclic amines) is 1. The van der Waals surface area contributed by atoms with Crippen LogP contribution in [-0.4, -0.2) is 35.1 Å². The first kappa shape index (κ1) is 12.4. The third-order valence-corrected chi connectivity index (χ3v) is 3.59. The SMILES string of the molecule is Nc1cc(Br)ccc1C(=O)N1CCCC1CO. The van der Waals surface area contributed by atoms with Crippen molar-refractivity contribution >= 4 is 27.5 Å². The number of anilines is 1. The van der Waals surface area contributed by atoms with Gasteiger partial charge in [0.15, 0.2) is 0 Å². The molecule has 0 bridgehead atoms. The van der Waals surface area contributed by atoms with Crippen LogP contribution >= 0.6 is 15.9 Å². The van der Waals surface area contributed by atoms with E-state index in [1.165, 1.54) is 0 Å². The van der Waals surface area contributed by atoms with Crippen molar-refractivity contribution in [1.29, 1.82) is 0 Å². The Balaban J connectivity index is 2.24. The van der Waals surface area contributed by atoms with Crippen LogP contribution < -0.4 is 5.73 Å². The number of amides is 1. The molecule has 0 aliphatic carbocycles. The minimum atomic E-state index is -0.0912. The molecule has 1 aliphatic rings. The Kier molecular flexibility index (Phi) is 3.69. The number of aliphatic hydroxyl groups excluding tert-OH is 1. The topological polar surface area (TPSA) is 66.6 Å². The van der Waals surface area contributed by atoms with Crippen molar-refractivity contribution in [3.8, 4) is 0 Å². The van der Waals surface area contributed by atoms with Gasteiger partial charge >= 0.3 is 0 Å². The van der Waals surface area contributed by atoms with E-state index in [0.29, 0.717) is 17.8 Å². The summed E-state index contributed by atoms with van der Waals surface area (Å²) in [6.07, 6.45) is 1.80. The van der Waals surface area contributed by atoms with Crippen LogP contribution in [0.4, 0.5) is 5.69 Å². The van der Waals surface area contributed by atoms with Crippen molar-refractivity contribution in [3.63, 3.8) is 0 Å².